The van der Waals surface area contributed by atoms with E-state index >= 15 is 0 Å². The topological polar surface area (TPSA) is 76.7 Å². The van der Waals surface area contributed by atoms with Crippen molar-refractivity contribution in [3.63, 3.8) is 0 Å². The molecule has 2 aromatic carbocycles. The van der Waals surface area contributed by atoms with E-state index in [9.17, 15) is 9.59 Å². The molecule has 2 aromatic rings. The van der Waals surface area contributed by atoms with Crippen LogP contribution in [0.5, 0.6) is 11.5 Å². The summed E-state index contributed by atoms with van der Waals surface area (Å²) in [6.45, 7) is 8.84. The molecule has 2 N–H and O–H groups in total. The van der Waals surface area contributed by atoms with E-state index in [0.717, 1.165) is 10.9 Å². The van der Waals surface area contributed by atoms with Crippen LogP contribution in [0.3, 0.4) is 0 Å². The molecule has 31 heavy (non-hydrogen) atoms. The molecule has 0 bridgehead atoms. The maximum Gasteiger partial charge on any atom is 0.276 e. The highest BCUT2D eigenvalue weighted by molar-refractivity contribution is 9.10. The van der Waals surface area contributed by atoms with Gasteiger partial charge in [-0.3, -0.25) is 20.4 Å². The number of benzene rings is 2. The molecule has 0 heterocycles. The van der Waals surface area contributed by atoms with Crippen LogP contribution in [0.25, 0.3) is 0 Å². The molecule has 2 amide bonds. The second-order valence-corrected chi connectivity index (χ2v) is 9.52. The molecule has 0 aliphatic rings. The predicted molar refractivity (Wildman–Crippen MR) is 128 cm³/mol. The van der Waals surface area contributed by atoms with Crippen LogP contribution in [-0.4, -0.2) is 25.0 Å². The first kappa shape index (κ1) is 25.2. The first-order valence-electron chi connectivity index (χ1n) is 10.1. The predicted octanol–water partition coefficient (Wildman–Crippen LogP) is 5.60. The minimum Gasteiger partial charge on any atom is -0.492 e. The normalized spacial score (nSPS) is 10.8. The molecular formula is C23H28Br2N2O4. The third-order valence-electron chi connectivity index (χ3n) is 4.44. The highest BCUT2D eigenvalue weighted by Crippen LogP contribution is 2.29. The highest BCUT2D eigenvalue weighted by atomic mass is 79.9. The number of ether oxygens (including phenoxy) is 2. The van der Waals surface area contributed by atoms with Crippen molar-refractivity contribution in [1.82, 2.24) is 10.9 Å². The molecule has 0 unspecified atom stereocenters. The number of hydrogen-bond acceptors (Lipinski definition) is 4. The fraction of sp³-hybridized carbons (Fsp3) is 0.391. The molecule has 0 aliphatic heterocycles. The molecule has 0 aliphatic carbocycles. The van der Waals surface area contributed by atoms with Gasteiger partial charge in [0.1, 0.15) is 11.5 Å². The molecule has 0 radical (unpaired) electrons. The monoisotopic (exact) mass is 554 g/mol. The molecule has 2 rings (SSSR count). The van der Waals surface area contributed by atoms with Crippen molar-refractivity contribution in [3.8, 4) is 11.5 Å². The van der Waals surface area contributed by atoms with Gasteiger partial charge in [0.15, 0.2) is 6.61 Å². The average Bonchev–Trinajstić information content (AvgIpc) is 2.71. The number of carbonyl (C=O) groups is 2. The molecule has 0 aromatic heterocycles. The van der Waals surface area contributed by atoms with E-state index in [1.165, 1.54) is 5.56 Å². The molecule has 168 valence electrons. The van der Waals surface area contributed by atoms with Crippen molar-refractivity contribution in [3.05, 3.63) is 56.5 Å². The Morgan fingerprint density at radius 3 is 2.16 bits per heavy atom. The van der Waals surface area contributed by atoms with E-state index in [1.54, 1.807) is 18.2 Å². The van der Waals surface area contributed by atoms with Gasteiger partial charge in [0.25, 0.3) is 11.8 Å². The minimum absolute atomic E-state index is 0.230. The number of nitrogens with one attached hydrogen (secondary N) is 2. The lowest BCUT2D eigenvalue weighted by atomic mass is 10.0. The van der Waals surface area contributed by atoms with E-state index in [0.29, 0.717) is 40.0 Å². The van der Waals surface area contributed by atoms with Crippen LogP contribution in [0.4, 0.5) is 0 Å². The van der Waals surface area contributed by atoms with Gasteiger partial charge in [-0.15, -0.1) is 0 Å². The summed E-state index contributed by atoms with van der Waals surface area (Å²) in [5.41, 5.74) is 6.29. The third-order valence-corrected chi connectivity index (χ3v) is 5.68. The Hall–Kier alpha value is -2.06. The van der Waals surface area contributed by atoms with Gasteiger partial charge in [-0.2, -0.15) is 0 Å². The van der Waals surface area contributed by atoms with E-state index in [4.69, 9.17) is 9.47 Å². The van der Waals surface area contributed by atoms with Crippen LogP contribution in [-0.2, 0) is 4.79 Å². The van der Waals surface area contributed by atoms with Gasteiger partial charge in [-0.25, -0.2) is 0 Å². The van der Waals surface area contributed by atoms with Gasteiger partial charge in [0.05, 0.1) is 15.6 Å². The quantitative estimate of drug-likeness (QED) is 0.395. The molecule has 6 nitrogen and oxygen atoms in total. The lowest BCUT2D eigenvalue weighted by molar-refractivity contribution is -0.123. The summed E-state index contributed by atoms with van der Waals surface area (Å²) in [7, 11) is 0. The van der Waals surface area contributed by atoms with E-state index in [1.807, 2.05) is 18.2 Å². The second-order valence-electron chi connectivity index (χ2n) is 7.81. The van der Waals surface area contributed by atoms with Gasteiger partial charge in [-0.1, -0.05) is 33.8 Å². The van der Waals surface area contributed by atoms with Crippen molar-refractivity contribution < 1.29 is 19.1 Å². The van der Waals surface area contributed by atoms with E-state index < -0.39 is 11.8 Å². The Labute approximate surface area is 200 Å². The first-order chi connectivity index (χ1) is 14.7. The zero-order chi connectivity index (χ0) is 23.0. The van der Waals surface area contributed by atoms with E-state index in [-0.39, 0.29) is 6.61 Å². The SMILES string of the molecule is CC(C)CCOc1ccc(C(=O)NNC(=O)COc2ccc(C(C)C)cc2Br)cc1Br. The summed E-state index contributed by atoms with van der Waals surface area (Å²) in [6, 6.07) is 10.7. The van der Waals surface area contributed by atoms with Crippen LogP contribution in [0.15, 0.2) is 45.3 Å². The summed E-state index contributed by atoms with van der Waals surface area (Å²) >= 11 is 6.87. The fourth-order valence-corrected chi connectivity index (χ4v) is 3.54. The number of halogens is 2. The lowest BCUT2D eigenvalue weighted by Gasteiger charge is -2.13. The Morgan fingerprint density at radius 2 is 1.55 bits per heavy atom. The zero-order valence-electron chi connectivity index (χ0n) is 18.1. The summed E-state index contributed by atoms with van der Waals surface area (Å²) in [4.78, 5) is 24.3. The molecular weight excluding hydrogens is 528 g/mol. The number of hydrazine groups is 1. The lowest BCUT2D eigenvalue weighted by Crippen LogP contribution is -2.43. The van der Waals surface area contributed by atoms with Crippen molar-refractivity contribution in [2.24, 2.45) is 5.92 Å². The van der Waals surface area contributed by atoms with Crippen LogP contribution < -0.4 is 20.3 Å². The molecule has 0 spiro atoms. The summed E-state index contributed by atoms with van der Waals surface area (Å²) in [6.07, 6.45) is 0.946. The average molecular weight is 556 g/mol. The molecule has 0 atom stereocenters. The second kappa shape index (κ2) is 12.1. The maximum atomic E-state index is 12.3. The first-order valence-corrected chi connectivity index (χ1v) is 11.7. The highest BCUT2D eigenvalue weighted by Gasteiger charge is 2.12. The van der Waals surface area contributed by atoms with Crippen molar-refractivity contribution in [2.45, 2.75) is 40.0 Å². The van der Waals surface area contributed by atoms with Crippen molar-refractivity contribution in [2.75, 3.05) is 13.2 Å². The molecule has 8 heteroatoms. The summed E-state index contributed by atoms with van der Waals surface area (Å²) in [5, 5.41) is 0. The van der Waals surface area contributed by atoms with Gasteiger partial charge in [0, 0.05) is 5.56 Å². The van der Waals surface area contributed by atoms with Gasteiger partial charge < -0.3 is 9.47 Å². The minimum atomic E-state index is -0.471. The smallest absolute Gasteiger partial charge is 0.276 e. The number of amides is 2. The number of rotatable bonds is 9. The Bertz CT molecular complexity index is 916. The molecule has 0 fully saturated rings. The third kappa shape index (κ3) is 8.18. The number of hydrogen-bond donors (Lipinski definition) is 2. The van der Waals surface area contributed by atoms with Gasteiger partial charge in [-0.05, 0) is 86.0 Å². The summed E-state index contributed by atoms with van der Waals surface area (Å²) < 4.78 is 12.7. The van der Waals surface area contributed by atoms with Crippen LogP contribution in [0.2, 0.25) is 0 Å². The van der Waals surface area contributed by atoms with Gasteiger partial charge in [0.2, 0.25) is 0 Å². The van der Waals surface area contributed by atoms with Crippen LogP contribution in [0, 0.1) is 5.92 Å². The molecule has 0 saturated heterocycles. The standard InChI is InChI=1S/C23H28Br2N2O4/c1-14(2)9-10-30-20-8-6-17(12-19(20)25)23(29)27-26-22(28)13-31-21-7-5-16(15(3)4)11-18(21)24/h5-8,11-12,14-15H,9-10,13H2,1-4H3,(H,26,28)(H,27,29). The summed E-state index contributed by atoms with van der Waals surface area (Å²) in [5.74, 6) is 1.26. The van der Waals surface area contributed by atoms with Crippen molar-refractivity contribution >= 4 is 43.7 Å². The Morgan fingerprint density at radius 1 is 0.903 bits per heavy atom. The van der Waals surface area contributed by atoms with Crippen LogP contribution >= 0.6 is 31.9 Å². The van der Waals surface area contributed by atoms with Crippen LogP contribution in [0.1, 0.15) is 56.0 Å². The van der Waals surface area contributed by atoms with Gasteiger partial charge >= 0.3 is 0 Å². The van der Waals surface area contributed by atoms with E-state index in [2.05, 4.69) is 70.4 Å². The zero-order valence-corrected chi connectivity index (χ0v) is 21.3. The Kier molecular flexibility index (Phi) is 9.84. The molecule has 0 saturated carbocycles. The Balaban J connectivity index is 1.82. The largest absolute Gasteiger partial charge is 0.492 e. The van der Waals surface area contributed by atoms with Crippen molar-refractivity contribution in [1.29, 1.82) is 0 Å². The maximum absolute atomic E-state index is 12.3. The number of carbonyl (C=O) groups excluding carboxylic acids is 2. The fourth-order valence-electron chi connectivity index (χ4n) is 2.54.